The Kier molecular flexibility index (Phi) is 7.18. The highest BCUT2D eigenvalue weighted by Crippen LogP contribution is 2.47. The number of nitrogens with zero attached hydrogens (tertiary/aromatic N) is 1. The summed E-state index contributed by atoms with van der Waals surface area (Å²) in [5, 5.41) is 54.4. The molecule has 0 fully saturated rings. The maximum absolute atomic E-state index is 13.3. The second-order valence-electron chi connectivity index (χ2n) is 11.5. The van der Waals surface area contributed by atoms with Crippen LogP contribution in [0.4, 0.5) is 5.69 Å². The van der Waals surface area contributed by atoms with Crippen LogP contribution in [-0.4, -0.2) is 92.9 Å². The van der Waals surface area contributed by atoms with E-state index >= 15 is 0 Å². The van der Waals surface area contributed by atoms with E-state index in [-0.39, 0.29) is 16.9 Å². The summed E-state index contributed by atoms with van der Waals surface area (Å²) in [6.07, 6.45) is -5.25. The quantitative estimate of drug-likeness (QED) is 0.109. The number of aliphatic hydroxyl groups excluding tert-OH is 4. The number of carbonyl (C=O) groups is 2. The first-order valence-electron chi connectivity index (χ1n) is 14.0. The van der Waals surface area contributed by atoms with Gasteiger partial charge in [-0.15, -0.1) is 0 Å². The van der Waals surface area contributed by atoms with E-state index in [2.05, 4.69) is 10.3 Å². The molecule has 44 heavy (non-hydrogen) atoms. The van der Waals surface area contributed by atoms with Crippen LogP contribution in [0.25, 0.3) is 32.9 Å². The van der Waals surface area contributed by atoms with Crippen LogP contribution in [0.3, 0.4) is 0 Å². The fourth-order valence-corrected chi connectivity index (χ4v) is 5.85. The number of imide groups is 1. The number of amides is 2. The number of aliphatic hydroxyl groups is 4. The van der Waals surface area contributed by atoms with E-state index in [1.165, 1.54) is 23.1 Å². The van der Waals surface area contributed by atoms with Gasteiger partial charge in [-0.25, -0.2) is 0 Å². The number of benzene rings is 3. The Morgan fingerprint density at radius 2 is 1.61 bits per heavy atom. The predicted molar refractivity (Wildman–Crippen MR) is 159 cm³/mol. The van der Waals surface area contributed by atoms with Crippen molar-refractivity contribution in [2.45, 2.75) is 51.1 Å². The monoisotopic (exact) mass is 607 g/mol. The first-order valence-corrected chi connectivity index (χ1v) is 14.0. The van der Waals surface area contributed by atoms with Crippen LogP contribution in [0.5, 0.6) is 17.2 Å². The van der Waals surface area contributed by atoms with Crippen molar-refractivity contribution in [3.8, 4) is 28.4 Å². The number of anilines is 1. The van der Waals surface area contributed by atoms with Crippen molar-refractivity contribution >= 4 is 39.3 Å². The Hall–Kier alpha value is -4.40. The fourth-order valence-electron chi connectivity index (χ4n) is 5.85. The smallest absolute Gasteiger partial charge is 0.259 e. The number of ether oxygens (including phenoxy) is 3. The van der Waals surface area contributed by atoms with Crippen LogP contribution in [-0.2, 0) is 4.74 Å². The number of rotatable bonds is 9. The minimum absolute atomic E-state index is 0.0822. The van der Waals surface area contributed by atoms with Crippen LogP contribution < -0.4 is 19.7 Å². The summed E-state index contributed by atoms with van der Waals surface area (Å²) >= 11 is 0. The number of aromatic nitrogens is 1. The van der Waals surface area contributed by atoms with Crippen molar-refractivity contribution < 1.29 is 49.3 Å². The average Bonchev–Trinajstić information content (AvgIpc) is 3.59. The molecule has 3 aromatic carbocycles. The maximum Gasteiger partial charge on any atom is 0.259 e. The SMILES string of the molecule is CC(CO)OC(C(O)C(O)CO)N(C)c1ccc(O)cc1-c1cc2[nH]c3cc4c(cc3c2c2c1C(=O)NC2=O)OC(C)(C)O4. The van der Waals surface area contributed by atoms with Gasteiger partial charge in [0.25, 0.3) is 11.8 Å². The molecule has 0 bridgehead atoms. The molecule has 1 aromatic heterocycles. The first-order chi connectivity index (χ1) is 20.8. The van der Waals surface area contributed by atoms with E-state index in [0.29, 0.717) is 50.1 Å². The van der Waals surface area contributed by atoms with Crippen LogP contribution >= 0.6 is 0 Å². The lowest BCUT2D eigenvalue weighted by atomic mass is 9.91. The van der Waals surface area contributed by atoms with E-state index in [1.807, 2.05) is 0 Å². The zero-order chi connectivity index (χ0) is 31.7. The van der Waals surface area contributed by atoms with E-state index in [0.717, 1.165) is 0 Å². The second kappa shape index (κ2) is 10.6. The Bertz CT molecular complexity index is 1820. The van der Waals surface area contributed by atoms with Gasteiger partial charge in [-0.3, -0.25) is 14.9 Å². The lowest BCUT2D eigenvalue weighted by Crippen LogP contribution is -2.51. The lowest BCUT2D eigenvalue weighted by molar-refractivity contribution is -0.126. The number of H-pyrrole nitrogens is 1. The van der Waals surface area contributed by atoms with Crippen LogP contribution in [0.2, 0.25) is 0 Å². The van der Waals surface area contributed by atoms with Crippen molar-refractivity contribution in [1.29, 1.82) is 0 Å². The molecule has 232 valence electrons. The van der Waals surface area contributed by atoms with Crippen molar-refractivity contribution in [3.63, 3.8) is 0 Å². The summed E-state index contributed by atoms with van der Waals surface area (Å²) in [7, 11) is 1.55. The van der Waals surface area contributed by atoms with Crippen molar-refractivity contribution in [2.24, 2.45) is 0 Å². The van der Waals surface area contributed by atoms with Gasteiger partial charge in [-0.2, -0.15) is 0 Å². The molecular formula is C31H33N3O10. The molecule has 2 aliphatic heterocycles. The van der Waals surface area contributed by atoms with Gasteiger partial charge < -0.3 is 49.6 Å². The molecule has 7 N–H and O–H groups in total. The molecule has 0 radical (unpaired) electrons. The minimum Gasteiger partial charge on any atom is -0.508 e. The van der Waals surface area contributed by atoms with Gasteiger partial charge in [0.2, 0.25) is 5.79 Å². The van der Waals surface area contributed by atoms with Crippen molar-refractivity contribution in [1.82, 2.24) is 10.3 Å². The van der Waals surface area contributed by atoms with Crippen LogP contribution in [0.15, 0.2) is 36.4 Å². The zero-order valence-corrected chi connectivity index (χ0v) is 24.4. The predicted octanol–water partition coefficient (Wildman–Crippen LogP) is 1.96. The number of likely N-dealkylation sites (N-methyl/N-ethyl adjacent to an activating group) is 1. The summed E-state index contributed by atoms with van der Waals surface area (Å²) in [6.45, 7) is 3.98. The molecule has 4 unspecified atom stereocenters. The molecular weight excluding hydrogens is 574 g/mol. The molecule has 4 atom stereocenters. The number of hydrogen-bond donors (Lipinski definition) is 7. The molecule has 0 saturated heterocycles. The van der Waals surface area contributed by atoms with E-state index in [1.54, 1.807) is 46.0 Å². The molecule has 2 aliphatic rings. The standard InChI is InChI=1S/C31H33N3O10/c1-13(11-35)42-30(27(39)21(38)12-36)34(4)20-6-5-14(37)7-15(20)16-8-19-24(26-25(16)28(40)33-29(26)41)17-9-22-23(10-18(17)32-19)44-31(2,3)43-22/h5-10,13,21,27,30,32,35-39H,11-12H2,1-4H3,(H,33,40,41). The molecule has 6 rings (SSSR count). The normalized spacial score (nSPS) is 17.9. The third-order valence-corrected chi connectivity index (χ3v) is 7.88. The molecule has 2 amide bonds. The molecule has 0 aliphatic carbocycles. The summed E-state index contributed by atoms with van der Waals surface area (Å²) in [4.78, 5) is 31.4. The molecule has 3 heterocycles. The van der Waals surface area contributed by atoms with Gasteiger partial charge in [-0.05, 0) is 42.8 Å². The summed E-state index contributed by atoms with van der Waals surface area (Å²) in [5.74, 6) is -1.21. The Morgan fingerprint density at radius 1 is 0.932 bits per heavy atom. The first kappa shape index (κ1) is 29.7. The summed E-state index contributed by atoms with van der Waals surface area (Å²) in [5.41, 5.74) is 2.34. The van der Waals surface area contributed by atoms with Gasteiger partial charge >= 0.3 is 0 Å². The molecule has 4 aromatic rings. The van der Waals surface area contributed by atoms with Crippen molar-refractivity contribution in [3.05, 3.63) is 47.5 Å². The maximum atomic E-state index is 13.3. The third kappa shape index (κ3) is 4.78. The highest BCUT2D eigenvalue weighted by Gasteiger charge is 2.38. The van der Waals surface area contributed by atoms with Gasteiger partial charge in [0.1, 0.15) is 18.0 Å². The number of aromatic hydroxyl groups is 1. The average molecular weight is 608 g/mol. The number of carbonyl (C=O) groups excluding carboxylic acids is 2. The summed E-state index contributed by atoms with van der Waals surface area (Å²) in [6, 6.07) is 9.56. The molecule has 0 spiro atoms. The lowest BCUT2D eigenvalue weighted by Gasteiger charge is -2.37. The fraction of sp³-hybridized carbons (Fsp3) is 0.355. The van der Waals surface area contributed by atoms with Gasteiger partial charge in [0.05, 0.1) is 36.0 Å². The number of nitrogens with one attached hydrogen (secondary N) is 2. The van der Waals surface area contributed by atoms with E-state index in [4.69, 9.17) is 14.2 Å². The Labute approximate surface area is 251 Å². The Morgan fingerprint density at radius 3 is 2.30 bits per heavy atom. The Balaban J connectivity index is 1.57. The van der Waals surface area contributed by atoms with E-state index in [9.17, 15) is 35.1 Å². The van der Waals surface area contributed by atoms with Gasteiger partial charge in [0.15, 0.2) is 17.7 Å². The van der Waals surface area contributed by atoms with Crippen LogP contribution in [0, 0.1) is 0 Å². The topological polar surface area (TPSA) is 194 Å². The number of fused-ring (bicyclic) bond motifs is 6. The van der Waals surface area contributed by atoms with Crippen LogP contribution in [0.1, 0.15) is 41.5 Å². The van der Waals surface area contributed by atoms with Gasteiger partial charge in [-0.1, -0.05) is 0 Å². The molecule has 13 heteroatoms. The highest BCUT2D eigenvalue weighted by molar-refractivity contribution is 6.32. The van der Waals surface area contributed by atoms with Gasteiger partial charge in [0, 0.05) is 54.5 Å². The number of phenols is 1. The zero-order valence-electron chi connectivity index (χ0n) is 24.4. The second-order valence-corrected chi connectivity index (χ2v) is 11.5. The third-order valence-electron chi connectivity index (χ3n) is 7.88. The number of aromatic amines is 1. The number of phenolic OH excluding ortho intramolecular Hbond substituents is 1. The highest BCUT2D eigenvalue weighted by atomic mass is 16.7. The molecule has 13 nitrogen and oxygen atoms in total. The molecule has 0 saturated carbocycles. The summed E-state index contributed by atoms with van der Waals surface area (Å²) < 4.78 is 17.7. The largest absolute Gasteiger partial charge is 0.508 e. The van der Waals surface area contributed by atoms with Crippen molar-refractivity contribution in [2.75, 3.05) is 25.2 Å². The van der Waals surface area contributed by atoms with E-state index < -0.39 is 55.4 Å². The number of hydrogen-bond acceptors (Lipinski definition) is 11. The minimum atomic E-state index is -1.62.